The van der Waals surface area contributed by atoms with Crippen molar-refractivity contribution in [1.29, 1.82) is 0 Å². The highest BCUT2D eigenvalue weighted by Gasteiger charge is 2.21. The second-order valence-corrected chi connectivity index (χ2v) is 8.66. The van der Waals surface area contributed by atoms with Crippen LogP contribution >= 0.6 is 0 Å². The summed E-state index contributed by atoms with van der Waals surface area (Å²) in [6.45, 7) is 0.565. The third-order valence-electron chi connectivity index (χ3n) is 6.03. The maximum atomic E-state index is 13.6. The van der Waals surface area contributed by atoms with E-state index in [2.05, 4.69) is 27.3 Å². The van der Waals surface area contributed by atoms with Gasteiger partial charge in [0.2, 0.25) is 5.95 Å². The molecule has 0 amide bonds. The van der Waals surface area contributed by atoms with E-state index in [1.54, 1.807) is 37.5 Å². The number of anilines is 2. The molecule has 8 heteroatoms. The third-order valence-corrected chi connectivity index (χ3v) is 6.03. The Morgan fingerprint density at radius 2 is 1.74 bits per heavy atom. The lowest BCUT2D eigenvalue weighted by Crippen LogP contribution is -2.37. The number of hydrogen-bond donors (Lipinski definition) is 2. The Bertz CT molecular complexity index is 1350. The first kappa shape index (κ1) is 24.1. The zero-order chi connectivity index (χ0) is 24.9. The molecule has 0 saturated carbocycles. The molecule has 1 atom stereocenters. The number of nitrogen functional groups attached to an aromatic ring is 1. The fourth-order valence-electron chi connectivity index (χ4n) is 3.96. The van der Waals surface area contributed by atoms with E-state index >= 15 is 0 Å². The van der Waals surface area contributed by atoms with Gasteiger partial charge in [0.1, 0.15) is 17.2 Å². The van der Waals surface area contributed by atoms with Gasteiger partial charge in [-0.15, -0.1) is 0 Å². The number of nitrogens with two attached hydrogens (primary N) is 1. The van der Waals surface area contributed by atoms with Gasteiger partial charge in [0.25, 0.3) is 5.56 Å². The summed E-state index contributed by atoms with van der Waals surface area (Å²) >= 11 is 0. The number of rotatable bonds is 8. The molecule has 2 aromatic carbocycles. The van der Waals surface area contributed by atoms with Crippen molar-refractivity contribution >= 4 is 11.6 Å². The fraction of sp³-hybridized carbons (Fsp3) is 0.222. The van der Waals surface area contributed by atoms with Crippen LogP contribution in [0.15, 0.2) is 77.7 Å². The summed E-state index contributed by atoms with van der Waals surface area (Å²) in [5.74, 6) is 0.0182. The highest BCUT2D eigenvalue weighted by Crippen LogP contribution is 2.31. The van der Waals surface area contributed by atoms with Crippen molar-refractivity contribution in [2.75, 3.05) is 31.7 Å². The van der Waals surface area contributed by atoms with Crippen molar-refractivity contribution in [3.05, 3.63) is 94.7 Å². The topological polar surface area (TPSA) is 89.1 Å². The number of benzene rings is 2. The molecule has 7 nitrogen and oxygen atoms in total. The van der Waals surface area contributed by atoms with Crippen LogP contribution in [0.5, 0.6) is 0 Å². The van der Waals surface area contributed by atoms with Crippen molar-refractivity contribution in [1.82, 2.24) is 19.4 Å². The number of pyridine rings is 1. The molecular weight excluding hydrogens is 443 g/mol. The smallest absolute Gasteiger partial charge is 0.263 e. The molecule has 2 heterocycles. The lowest BCUT2D eigenvalue weighted by Gasteiger charge is -2.26. The predicted octanol–water partition coefficient (Wildman–Crippen LogP) is 3.82. The Morgan fingerprint density at radius 1 is 1.03 bits per heavy atom. The average Bonchev–Trinajstić information content (AvgIpc) is 2.85. The first-order valence-corrected chi connectivity index (χ1v) is 11.4. The fourth-order valence-corrected chi connectivity index (χ4v) is 3.96. The summed E-state index contributed by atoms with van der Waals surface area (Å²) in [5.41, 5.74) is 9.17. The summed E-state index contributed by atoms with van der Waals surface area (Å²) in [6.07, 6.45) is 2.44. The molecule has 0 unspecified atom stereocenters. The van der Waals surface area contributed by atoms with Gasteiger partial charge in [-0.3, -0.25) is 14.3 Å². The highest BCUT2D eigenvalue weighted by molar-refractivity contribution is 5.84. The number of likely N-dealkylation sites (N-methyl/N-ethyl adjacent to an activating group) is 1. The van der Waals surface area contributed by atoms with Gasteiger partial charge in [-0.2, -0.15) is 0 Å². The van der Waals surface area contributed by atoms with Crippen LogP contribution in [0.1, 0.15) is 5.56 Å². The minimum absolute atomic E-state index is 0.162. The molecule has 4 rings (SSSR count). The van der Waals surface area contributed by atoms with E-state index in [4.69, 9.17) is 10.7 Å². The molecule has 0 saturated heterocycles. The Morgan fingerprint density at radius 3 is 2.40 bits per heavy atom. The van der Waals surface area contributed by atoms with Crippen molar-refractivity contribution in [2.24, 2.45) is 7.05 Å². The quantitative estimate of drug-likeness (QED) is 0.405. The van der Waals surface area contributed by atoms with Crippen LogP contribution in [0.25, 0.3) is 22.5 Å². The zero-order valence-electron chi connectivity index (χ0n) is 20.1. The minimum Gasteiger partial charge on any atom is -0.397 e. The molecule has 0 fully saturated rings. The molecule has 35 heavy (non-hydrogen) atoms. The van der Waals surface area contributed by atoms with Crippen LogP contribution in [-0.2, 0) is 13.5 Å². The number of hydrogen-bond acceptors (Lipinski definition) is 6. The molecule has 0 aliphatic carbocycles. The largest absolute Gasteiger partial charge is 0.397 e. The van der Waals surface area contributed by atoms with Gasteiger partial charge in [-0.05, 0) is 55.9 Å². The van der Waals surface area contributed by atoms with Crippen molar-refractivity contribution in [3.63, 3.8) is 0 Å². The molecule has 0 radical (unpaired) electrons. The SMILES string of the molecule is CN(C)[C@H](CNc1nc(-c2ncccc2N)c(-c2ccc(F)cc2)c(=O)n1C)Cc1ccccc1. The summed E-state index contributed by atoms with van der Waals surface area (Å²) < 4.78 is 15.1. The average molecular weight is 473 g/mol. The van der Waals surface area contributed by atoms with Crippen LogP contribution in [0.4, 0.5) is 16.0 Å². The number of halogens is 1. The molecule has 4 aromatic rings. The normalized spacial score (nSPS) is 12.0. The predicted molar refractivity (Wildman–Crippen MR) is 139 cm³/mol. The van der Waals surface area contributed by atoms with Crippen molar-refractivity contribution in [3.8, 4) is 22.5 Å². The van der Waals surface area contributed by atoms with Gasteiger partial charge in [-0.25, -0.2) is 9.37 Å². The zero-order valence-corrected chi connectivity index (χ0v) is 20.1. The first-order chi connectivity index (χ1) is 16.8. The van der Waals surface area contributed by atoms with Crippen LogP contribution < -0.4 is 16.6 Å². The lowest BCUT2D eigenvalue weighted by atomic mass is 10.0. The molecule has 0 aliphatic heterocycles. The highest BCUT2D eigenvalue weighted by atomic mass is 19.1. The van der Waals surface area contributed by atoms with Gasteiger partial charge in [0, 0.05) is 25.8 Å². The van der Waals surface area contributed by atoms with Crippen LogP contribution in [0.2, 0.25) is 0 Å². The van der Waals surface area contributed by atoms with E-state index in [1.807, 2.05) is 32.3 Å². The Hall–Kier alpha value is -4.04. The van der Waals surface area contributed by atoms with Gasteiger partial charge in [0.05, 0.1) is 11.3 Å². The number of nitrogens with one attached hydrogen (secondary N) is 1. The standard InChI is InChI=1S/C27H29FN6O/c1-33(2)21(16-18-8-5-4-6-9-18)17-31-27-32-25(24-22(29)10-7-15-30-24)23(26(35)34(27)3)19-11-13-20(28)14-12-19/h4-15,21H,16-17,29H2,1-3H3,(H,31,32)/t21-/m0/s1. The van der Waals surface area contributed by atoms with Gasteiger partial charge in [-0.1, -0.05) is 42.5 Å². The Labute approximate surface area is 204 Å². The molecule has 0 aliphatic rings. The summed E-state index contributed by atoms with van der Waals surface area (Å²) in [5, 5.41) is 3.35. The molecule has 0 bridgehead atoms. The van der Waals surface area contributed by atoms with Gasteiger partial charge in [0.15, 0.2) is 0 Å². The van der Waals surface area contributed by atoms with Crippen LogP contribution in [0.3, 0.4) is 0 Å². The molecule has 180 valence electrons. The number of aromatic nitrogens is 3. The third kappa shape index (κ3) is 5.38. The maximum absolute atomic E-state index is 13.6. The summed E-state index contributed by atoms with van der Waals surface area (Å²) in [6, 6.07) is 19.6. The van der Waals surface area contributed by atoms with Crippen molar-refractivity contribution in [2.45, 2.75) is 12.5 Å². The van der Waals surface area contributed by atoms with Crippen LogP contribution in [-0.4, -0.2) is 46.1 Å². The maximum Gasteiger partial charge on any atom is 0.263 e. The van der Waals surface area contributed by atoms with E-state index in [1.165, 1.54) is 22.3 Å². The molecule has 2 aromatic heterocycles. The van der Waals surface area contributed by atoms with Crippen molar-refractivity contribution < 1.29 is 4.39 Å². The summed E-state index contributed by atoms with van der Waals surface area (Å²) in [7, 11) is 5.72. The van der Waals surface area contributed by atoms with Crippen LogP contribution in [0, 0.1) is 5.82 Å². The van der Waals surface area contributed by atoms with Gasteiger partial charge >= 0.3 is 0 Å². The van der Waals surface area contributed by atoms with E-state index in [9.17, 15) is 9.18 Å². The molecular formula is C27H29FN6O. The minimum atomic E-state index is -0.385. The van der Waals surface area contributed by atoms with Gasteiger partial charge < -0.3 is 16.0 Å². The Kier molecular flexibility index (Phi) is 7.22. The Balaban J connectivity index is 1.75. The lowest BCUT2D eigenvalue weighted by molar-refractivity contribution is 0.303. The second kappa shape index (κ2) is 10.5. The van der Waals surface area contributed by atoms with E-state index in [0.29, 0.717) is 40.7 Å². The molecule has 3 N–H and O–H groups in total. The number of nitrogens with zero attached hydrogens (tertiary/aromatic N) is 4. The summed E-state index contributed by atoms with van der Waals surface area (Å²) in [4.78, 5) is 24.9. The van der Waals surface area contributed by atoms with E-state index in [-0.39, 0.29) is 17.4 Å². The first-order valence-electron chi connectivity index (χ1n) is 11.4. The monoisotopic (exact) mass is 472 g/mol. The molecule has 0 spiro atoms. The van der Waals surface area contributed by atoms with E-state index in [0.717, 1.165) is 6.42 Å². The second-order valence-electron chi connectivity index (χ2n) is 8.66. The van der Waals surface area contributed by atoms with E-state index < -0.39 is 0 Å².